The van der Waals surface area contributed by atoms with Crippen LogP contribution in [0.25, 0.3) is 0 Å². The van der Waals surface area contributed by atoms with Gasteiger partial charge in [0, 0.05) is 12.1 Å². The van der Waals surface area contributed by atoms with Crippen LogP contribution in [0.1, 0.15) is 42.6 Å². The van der Waals surface area contributed by atoms with Crippen LogP contribution in [-0.4, -0.2) is 40.3 Å². The van der Waals surface area contributed by atoms with Crippen LogP contribution in [-0.2, 0) is 6.54 Å². The average molecular weight is 308 g/mol. The molecular weight excluding hydrogens is 287 g/mol. The number of fused-ring (bicyclic) bond motifs is 1. The third-order valence-corrected chi connectivity index (χ3v) is 4.08. The summed E-state index contributed by atoms with van der Waals surface area (Å²) in [7, 11) is 0. The number of nitrogen functional groups attached to an aromatic ring is 1. The highest BCUT2D eigenvalue weighted by Crippen LogP contribution is 2.36. The predicted molar refractivity (Wildman–Crippen MR) is 80.4 cm³/mol. The maximum absolute atomic E-state index is 14.0. The molecule has 22 heavy (non-hydrogen) atoms. The maximum atomic E-state index is 14.0. The highest BCUT2D eigenvalue weighted by Gasteiger charge is 2.35. The van der Waals surface area contributed by atoms with E-state index in [-0.39, 0.29) is 18.6 Å². The van der Waals surface area contributed by atoms with E-state index < -0.39 is 11.8 Å². The van der Waals surface area contributed by atoms with Crippen molar-refractivity contribution < 1.29 is 19.0 Å². The lowest BCUT2D eigenvalue weighted by Gasteiger charge is -2.26. The second kappa shape index (κ2) is 5.12. The van der Waals surface area contributed by atoms with Gasteiger partial charge in [-0.2, -0.15) is 0 Å². The molecule has 1 fully saturated rings. The number of carbonyl (C=O) groups is 1. The Morgan fingerprint density at radius 1 is 1.50 bits per heavy atom. The first kappa shape index (κ1) is 15.1. The van der Waals surface area contributed by atoms with Crippen LogP contribution in [0, 0.1) is 0 Å². The van der Waals surface area contributed by atoms with Gasteiger partial charge in [0.15, 0.2) is 0 Å². The Bertz CT molecular complexity index is 608. The number of nitrogens with zero attached hydrogens (tertiary/aromatic N) is 1. The van der Waals surface area contributed by atoms with Crippen LogP contribution < -0.4 is 10.5 Å². The van der Waals surface area contributed by atoms with Crippen molar-refractivity contribution in [3.63, 3.8) is 0 Å². The van der Waals surface area contributed by atoms with Crippen LogP contribution in [0.15, 0.2) is 12.1 Å². The zero-order chi connectivity index (χ0) is 16.1. The van der Waals surface area contributed by atoms with E-state index in [0.717, 1.165) is 18.4 Å². The molecule has 0 bridgehead atoms. The molecule has 1 aromatic carbocycles. The van der Waals surface area contributed by atoms with Gasteiger partial charge in [-0.1, -0.05) is 0 Å². The highest BCUT2D eigenvalue weighted by molar-refractivity contribution is 5.99. The number of anilines is 1. The minimum Gasteiger partial charge on any atom is -0.488 e. The quantitative estimate of drug-likeness (QED) is 0.814. The SMILES string of the molecule is CC(C)(O)C(F)CN1Cc2cc(N)c(OC3CC3)cc2C1=O. The van der Waals surface area contributed by atoms with Crippen molar-refractivity contribution >= 4 is 11.6 Å². The van der Waals surface area contributed by atoms with Crippen molar-refractivity contribution in [2.45, 2.75) is 51.1 Å². The van der Waals surface area contributed by atoms with Crippen molar-refractivity contribution in [1.82, 2.24) is 4.90 Å². The van der Waals surface area contributed by atoms with E-state index in [1.165, 1.54) is 18.7 Å². The molecule has 1 heterocycles. The molecule has 1 atom stereocenters. The number of rotatable bonds is 5. The molecular formula is C16H21FN2O3. The summed E-state index contributed by atoms with van der Waals surface area (Å²) in [4.78, 5) is 13.8. The summed E-state index contributed by atoms with van der Waals surface area (Å²) in [6, 6.07) is 3.38. The van der Waals surface area contributed by atoms with Gasteiger partial charge in [-0.3, -0.25) is 4.79 Å². The smallest absolute Gasteiger partial charge is 0.254 e. The van der Waals surface area contributed by atoms with E-state index >= 15 is 0 Å². The molecule has 1 saturated carbocycles. The van der Waals surface area contributed by atoms with Crippen LogP contribution in [0.4, 0.5) is 10.1 Å². The molecule has 6 heteroatoms. The predicted octanol–water partition coefficient (Wildman–Crippen LogP) is 1.87. The van der Waals surface area contributed by atoms with Crippen molar-refractivity contribution in [2.75, 3.05) is 12.3 Å². The summed E-state index contributed by atoms with van der Waals surface area (Å²) in [6.07, 6.45) is 0.695. The molecule has 1 aliphatic carbocycles. The Labute approximate surface area is 128 Å². The van der Waals surface area contributed by atoms with Gasteiger partial charge in [0.2, 0.25) is 0 Å². The normalized spacial score (nSPS) is 19.3. The van der Waals surface area contributed by atoms with Crippen LogP contribution >= 0.6 is 0 Å². The number of halogens is 1. The number of hydrogen-bond donors (Lipinski definition) is 2. The van der Waals surface area contributed by atoms with Crippen LogP contribution in [0.2, 0.25) is 0 Å². The van der Waals surface area contributed by atoms with Crippen LogP contribution in [0.3, 0.4) is 0 Å². The summed E-state index contributed by atoms with van der Waals surface area (Å²) < 4.78 is 19.7. The first-order chi connectivity index (χ1) is 10.3. The number of hydrogen-bond acceptors (Lipinski definition) is 4. The molecule has 1 amide bonds. The monoisotopic (exact) mass is 308 g/mol. The lowest BCUT2D eigenvalue weighted by molar-refractivity contribution is -0.0159. The minimum atomic E-state index is -1.51. The fourth-order valence-corrected chi connectivity index (χ4v) is 2.45. The van der Waals surface area contributed by atoms with Gasteiger partial charge in [0.25, 0.3) is 5.91 Å². The molecule has 3 N–H and O–H groups in total. The minimum absolute atomic E-state index is 0.143. The summed E-state index contributed by atoms with van der Waals surface area (Å²) in [6.45, 7) is 2.95. The fraction of sp³-hybridized carbons (Fsp3) is 0.562. The van der Waals surface area contributed by atoms with Crippen molar-refractivity contribution in [2.24, 2.45) is 0 Å². The average Bonchev–Trinajstić information content (AvgIpc) is 3.18. The standard InChI is InChI=1S/C16H21FN2O3/c1-16(2,21)14(17)8-19-7-9-5-12(18)13(22-10-3-4-10)6-11(9)15(19)20/h5-6,10,14,21H,3-4,7-8,18H2,1-2H3. The van der Waals surface area contributed by atoms with Crippen molar-refractivity contribution in [3.8, 4) is 5.75 Å². The third kappa shape index (κ3) is 2.88. The molecule has 0 aromatic heterocycles. The lowest BCUT2D eigenvalue weighted by atomic mass is 10.0. The molecule has 5 nitrogen and oxygen atoms in total. The van der Waals surface area contributed by atoms with E-state index in [0.29, 0.717) is 23.5 Å². The van der Waals surface area contributed by atoms with Crippen LogP contribution in [0.5, 0.6) is 5.75 Å². The zero-order valence-corrected chi connectivity index (χ0v) is 12.8. The lowest BCUT2D eigenvalue weighted by Crippen LogP contribution is -2.42. The Morgan fingerprint density at radius 2 is 2.18 bits per heavy atom. The number of carbonyl (C=O) groups excluding carboxylic acids is 1. The Hall–Kier alpha value is -1.82. The Morgan fingerprint density at radius 3 is 2.77 bits per heavy atom. The molecule has 0 saturated heterocycles. The third-order valence-electron chi connectivity index (χ3n) is 4.08. The summed E-state index contributed by atoms with van der Waals surface area (Å²) in [5, 5.41) is 9.69. The van der Waals surface area contributed by atoms with Gasteiger partial charge in [0.05, 0.1) is 23.9 Å². The van der Waals surface area contributed by atoms with Gasteiger partial charge < -0.3 is 20.5 Å². The van der Waals surface area contributed by atoms with Crippen molar-refractivity contribution in [1.29, 1.82) is 0 Å². The van der Waals surface area contributed by atoms with Crippen molar-refractivity contribution in [3.05, 3.63) is 23.3 Å². The second-order valence-electron chi connectivity index (χ2n) is 6.67. The topological polar surface area (TPSA) is 75.8 Å². The van der Waals surface area contributed by atoms with Gasteiger partial charge in [-0.05, 0) is 44.4 Å². The molecule has 120 valence electrons. The van der Waals surface area contributed by atoms with Gasteiger partial charge in [0.1, 0.15) is 11.9 Å². The first-order valence-corrected chi connectivity index (χ1v) is 7.50. The number of aliphatic hydroxyl groups is 1. The maximum Gasteiger partial charge on any atom is 0.254 e. The Kier molecular flexibility index (Phi) is 3.51. The van der Waals surface area contributed by atoms with E-state index in [9.17, 15) is 14.3 Å². The van der Waals surface area contributed by atoms with E-state index in [1.807, 2.05) is 0 Å². The fourth-order valence-electron chi connectivity index (χ4n) is 2.45. The highest BCUT2D eigenvalue weighted by atomic mass is 19.1. The van der Waals surface area contributed by atoms with Gasteiger partial charge in [-0.25, -0.2) is 4.39 Å². The number of alkyl halides is 1. The number of benzene rings is 1. The molecule has 1 unspecified atom stereocenters. The number of nitrogens with two attached hydrogens (primary N) is 1. The molecule has 2 aliphatic rings. The number of amides is 1. The molecule has 1 aliphatic heterocycles. The molecule has 0 spiro atoms. The van der Waals surface area contributed by atoms with Gasteiger partial charge >= 0.3 is 0 Å². The Balaban J connectivity index is 1.78. The van der Waals surface area contributed by atoms with E-state index in [4.69, 9.17) is 10.5 Å². The summed E-state index contributed by atoms with van der Waals surface area (Å²) in [5.74, 6) is 0.276. The second-order valence-corrected chi connectivity index (χ2v) is 6.67. The largest absolute Gasteiger partial charge is 0.488 e. The van der Waals surface area contributed by atoms with Gasteiger partial charge in [-0.15, -0.1) is 0 Å². The summed E-state index contributed by atoms with van der Waals surface area (Å²) in [5.41, 5.74) is 6.26. The molecule has 0 radical (unpaired) electrons. The molecule has 3 rings (SSSR count). The molecule has 1 aromatic rings. The summed E-state index contributed by atoms with van der Waals surface area (Å²) >= 11 is 0. The zero-order valence-electron chi connectivity index (χ0n) is 12.8. The first-order valence-electron chi connectivity index (χ1n) is 7.50. The number of ether oxygens (including phenoxy) is 1. The van der Waals surface area contributed by atoms with E-state index in [2.05, 4.69) is 0 Å². The van der Waals surface area contributed by atoms with E-state index in [1.54, 1.807) is 12.1 Å².